The van der Waals surface area contributed by atoms with Gasteiger partial charge in [0.2, 0.25) is 0 Å². The van der Waals surface area contributed by atoms with Crippen LogP contribution in [0.25, 0.3) is 0 Å². The van der Waals surface area contributed by atoms with Crippen LogP contribution in [0.5, 0.6) is 0 Å². The number of benzene rings is 1. The van der Waals surface area contributed by atoms with Crippen LogP contribution >= 0.6 is 15.9 Å². The Balaban J connectivity index is 1.91. The first-order valence-electron chi connectivity index (χ1n) is 5.80. The summed E-state index contributed by atoms with van der Waals surface area (Å²) in [5.41, 5.74) is 2.17. The van der Waals surface area contributed by atoms with E-state index in [0.29, 0.717) is 17.4 Å². The molecule has 0 bridgehead atoms. The van der Waals surface area contributed by atoms with Crippen LogP contribution in [0.4, 0.5) is 0 Å². The van der Waals surface area contributed by atoms with Crippen molar-refractivity contribution in [2.75, 3.05) is 6.61 Å². The Morgan fingerprint density at radius 2 is 1.75 bits per heavy atom. The average Bonchev–Trinajstić information content (AvgIpc) is 3.13. The monoisotopic (exact) mass is 281 g/mol. The van der Waals surface area contributed by atoms with Crippen molar-refractivity contribution in [3.63, 3.8) is 0 Å². The van der Waals surface area contributed by atoms with Gasteiger partial charge in [-0.25, -0.2) is 5.90 Å². The first kappa shape index (κ1) is 10.8. The molecule has 1 aromatic carbocycles. The van der Waals surface area contributed by atoms with Crippen LogP contribution in [-0.2, 0) is 10.3 Å². The van der Waals surface area contributed by atoms with Crippen molar-refractivity contribution in [2.45, 2.75) is 31.1 Å². The molecule has 86 valence electrons. The van der Waals surface area contributed by atoms with Gasteiger partial charge in [0.1, 0.15) is 0 Å². The summed E-state index contributed by atoms with van der Waals surface area (Å²) in [6.07, 6.45) is 5.11. The Hall–Kier alpha value is -0.380. The molecule has 0 aromatic heterocycles. The van der Waals surface area contributed by atoms with Crippen molar-refractivity contribution in [2.24, 2.45) is 11.3 Å². The SMILES string of the molecule is NOCC1(C2(c3ccc(Br)cc3)CC2)CC1. The molecule has 0 heterocycles. The molecule has 0 unspecified atom stereocenters. The molecule has 16 heavy (non-hydrogen) atoms. The van der Waals surface area contributed by atoms with E-state index in [2.05, 4.69) is 40.2 Å². The molecule has 0 amide bonds. The van der Waals surface area contributed by atoms with Crippen LogP contribution in [0.15, 0.2) is 28.7 Å². The van der Waals surface area contributed by atoms with Crippen LogP contribution in [-0.4, -0.2) is 6.61 Å². The molecule has 3 rings (SSSR count). The fourth-order valence-electron chi connectivity index (χ4n) is 3.09. The third-order valence-electron chi connectivity index (χ3n) is 4.38. The highest BCUT2D eigenvalue weighted by Gasteiger charge is 2.65. The zero-order valence-corrected chi connectivity index (χ0v) is 10.8. The largest absolute Gasteiger partial charge is 0.304 e. The maximum absolute atomic E-state index is 5.27. The van der Waals surface area contributed by atoms with E-state index < -0.39 is 0 Å². The van der Waals surface area contributed by atoms with E-state index in [1.807, 2.05) is 0 Å². The van der Waals surface area contributed by atoms with Gasteiger partial charge in [-0.15, -0.1) is 0 Å². The maximum Gasteiger partial charge on any atom is 0.0744 e. The minimum Gasteiger partial charge on any atom is -0.304 e. The summed E-state index contributed by atoms with van der Waals surface area (Å²) in [7, 11) is 0. The molecule has 0 aliphatic heterocycles. The molecule has 2 N–H and O–H groups in total. The summed E-state index contributed by atoms with van der Waals surface area (Å²) >= 11 is 3.48. The van der Waals surface area contributed by atoms with Crippen molar-refractivity contribution >= 4 is 15.9 Å². The van der Waals surface area contributed by atoms with E-state index in [4.69, 9.17) is 10.7 Å². The Morgan fingerprint density at radius 3 is 2.19 bits per heavy atom. The van der Waals surface area contributed by atoms with Gasteiger partial charge in [-0.1, -0.05) is 28.1 Å². The number of rotatable bonds is 4. The first-order valence-corrected chi connectivity index (χ1v) is 6.60. The fraction of sp³-hybridized carbons (Fsp3) is 0.538. The molecule has 0 atom stereocenters. The third kappa shape index (κ3) is 1.45. The maximum atomic E-state index is 5.27. The van der Waals surface area contributed by atoms with Crippen molar-refractivity contribution in [1.82, 2.24) is 0 Å². The molecule has 0 spiro atoms. The van der Waals surface area contributed by atoms with Gasteiger partial charge in [0.15, 0.2) is 0 Å². The van der Waals surface area contributed by atoms with Crippen LogP contribution in [0.1, 0.15) is 31.2 Å². The van der Waals surface area contributed by atoms with Gasteiger partial charge in [-0.2, -0.15) is 0 Å². The second kappa shape index (κ2) is 3.56. The Kier molecular flexibility index (Phi) is 2.39. The van der Waals surface area contributed by atoms with Crippen LogP contribution in [0.3, 0.4) is 0 Å². The van der Waals surface area contributed by atoms with E-state index in [-0.39, 0.29) is 0 Å². The standard InChI is InChI=1S/C13H16BrNO/c14-11-3-1-10(2-4-11)13(7-8-13)12(5-6-12)9-16-15/h1-4H,5-9,15H2. The lowest BCUT2D eigenvalue weighted by Crippen LogP contribution is -2.28. The average molecular weight is 282 g/mol. The van der Waals surface area contributed by atoms with Gasteiger partial charge >= 0.3 is 0 Å². The molecule has 2 nitrogen and oxygen atoms in total. The Morgan fingerprint density at radius 1 is 1.12 bits per heavy atom. The minimum absolute atomic E-state index is 0.343. The van der Waals surface area contributed by atoms with Crippen molar-refractivity contribution in [3.8, 4) is 0 Å². The van der Waals surface area contributed by atoms with Crippen molar-refractivity contribution in [3.05, 3.63) is 34.3 Å². The molecule has 2 aliphatic rings. The summed E-state index contributed by atoms with van der Waals surface area (Å²) in [6.45, 7) is 0.711. The second-order valence-electron chi connectivity index (χ2n) is 5.18. The Bertz CT molecular complexity index is 393. The van der Waals surface area contributed by atoms with Crippen molar-refractivity contribution < 1.29 is 4.84 Å². The number of hydrogen-bond donors (Lipinski definition) is 1. The quantitative estimate of drug-likeness (QED) is 0.861. The molecule has 1 aromatic rings. The highest BCUT2D eigenvalue weighted by Crippen LogP contribution is 2.70. The predicted octanol–water partition coefficient (Wildman–Crippen LogP) is 3.15. The molecular weight excluding hydrogens is 266 g/mol. The van der Waals surface area contributed by atoms with Crippen molar-refractivity contribution in [1.29, 1.82) is 0 Å². The van der Waals surface area contributed by atoms with E-state index in [1.54, 1.807) is 0 Å². The van der Waals surface area contributed by atoms with Gasteiger partial charge in [-0.3, -0.25) is 0 Å². The van der Waals surface area contributed by atoms with Crippen LogP contribution in [0.2, 0.25) is 0 Å². The minimum atomic E-state index is 0.343. The smallest absolute Gasteiger partial charge is 0.0744 e. The van der Waals surface area contributed by atoms with Crippen LogP contribution < -0.4 is 5.90 Å². The van der Waals surface area contributed by atoms with E-state index in [1.165, 1.54) is 31.2 Å². The molecule has 2 aliphatic carbocycles. The molecule has 0 radical (unpaired) electrons. The lowest BCUT2D eigenvalue weighted by atomic mass is 9.80. The highest BCUT2D eigenvalue weighted by atomic mass is 79.9. The van der Waals surface area contributed by atoms with Gasteiger partial charge in [0, 0.05) is 15.3 Å². The highest BCUT2D eigenvalue weighted by molar-refractivity contribution is 9.10. The van der Waals surface area contributed by atoms with E-state index in [0.717, 1.165) is 4.47 Å². The number of halogens is 1. The zero-order valence-electron chi connectivity index (χ0n) is 9.21. The fourth-order valence-corrected chi connectivity index (χ4v) is 3.35. The Labute approximate surface area is 104 Å². The molecule has 2 saturated carbocycles. The van der Waals surface area contributed by atoms with Crippen LogP contribution in [0, 0.1) is 5.41 Å². The molecule has 3 heteroatoms. The lowest BCUT2D eigenvalue weighted by molar-refractivity contribution is 0.0748. The lowest BCUT2D eigenvalue weighted by Gasteiger charge is -2.26. The summed E-state index contributed by atoms with van der Waals surface area (Å²) in [5.74, 6) is 5.27. The van der Waals surface area contributed by atoms with Gasteiger partial charge in [-0.05, 0) is 43.4 Å². The zero-order chi connectivity index (χ0) is 11.2. The van der Waals surface area contributed by atoms with Gasteiger partial charge < -0.3 is 4.84 Å². The molecule has 2 fully saturated rings. The summed E-state index contributed by atoms with van der Waals surface area (Å²) in [4.78, 5) is 4.93. The second-order valence-corrected chi connectivity index (χ2v) is 6.10. The molecule has 0 saturated heterocycles. The molecular formula is C13H16BrNO. The first-order chi connectivity index (χ1) is 7.72. The van der Waals surface area contributed by atoms with E-state index >= 15 is 0 Å². The normalized spacial score (nSPS) is 24.1. The summed E-state index contributed by atoms with van der Waals surface area (Å²) < 4.78 is 1.15. The number of nitrogens with two attached hydrogens (primary N) is 1. The number of hydrogen-bond acceptors (Lipinski definition) is 2. The van der Waals surface area contributed by atoms with E-state index in [9.17, 15) is 0 Å². The topological polar surface area (TPSA) is 35.2 Å². The van der Waals surface area contributed by atoms with Gasteiger partial charge in [0.25, 0.3) is 0 Å². The summed E-state index contributed by atoms with van der Waals surface area (Å²) in [6, 6.07) is 8.75. The summed E-state index contributed by atoms with van der Waals surface area (Å²) in [5, 5.41) is 0. The van der Waals surface area contributed by atoms with Gasteiger partial charge in [0.05, 0.1) is 6.61 Å². The predicted molar refractivity (Wildman–Crippen MR) is 66.9 cm³/mol. The third-order valence-corrected chi connectivity index (χ3v) is 4.90.